The molecule has 0 spiro atoms. The highest BCUT2D eigenvalue weighted by Gasteiger charge is 2.42. The minimum atomic E-state index is -0.643. The summed E-state index contributed by atoms with van der Waals surface area (Å²) >= 11 is 1.56. The largest absolute Gasteiger partial charge is 0.355 e. The van der Waals surface area contributed by atoms with Crippen LogP contribution in [0.15, 0.2) is 36.7 Å². The number of anilines is 1. The van der Waals surface area contributed by atoms with Crippen molar-refractivity contribution in [1.82, 2.24) is 15.0 Å². The predicted octanol–water partition coefficient (Wildman–Crippen LogP) is 2.72. The number of carbonyl (C=O) groups is 3. The zero-order valence-corrected chi connectivity index (χ0v) is 16.3. The number of amides is 2. The van der Waals surface area contributed by atoms with Gasteiger partial charge >= 0.3 is 5.97 Å². The second-order valence-electron chi connectivity index (χ2n) is 6.99. The third-order valence-corrected chi connectivity index (χ3v) is 6.13. The van der Waals surface area contributed by atoms with Gasteiger partial charge < -0.3 is 9.74 Å². The Morgan fingerprint density at radius 1 is 1.17 bits per heavy atom. The number of thiophene rings is 1. The summed E-state index contributed by atoms with van der Waals surface area (Å²) in [4.78, 5) is 55.7. The van der Waals surface area contributed by atoms with Gasteiger partial charge in [-0.15, -0.1) is 11.3 Å². The number of hydroxylamine groups is 2. The summed E-state index contributed by atoms with van der Waals surface area (Å²) in [5.74, 6) is -1.22. The van der Waals surface area contributed by atoms with E-state index in [-0.39, 0.29) is 11.1 Å². The lowest BCUT2D eigenvalue weighted by atomic mass is 10.1. The lowest BCUT2D eigenvalue weighted by molar-refractivity contribution is -0.169. The van der Waals surface area contributed by atoms with Gasteiger partial charge in [0.15, 0.2) is 0 Å². The summed E-state index contributed by atoms with van der Waals surface area (Å²) < 4.78 is 0. The summed E-state index contributed by atoms with van der Waals surface area (Å²) in [5, 5.41) is 1.45. The summed E-state index contributed by atoms with van der Waals surface area (Å²) in [6.45, 7) is 2.62. The Bertz CT molecular complexity index is 1140. The van der Waals surface area contributed by atoms with Crippen molar-refractivity contribution in [3.05, 3.63) is 52.7 Å². The number of imide groups is 1. The van der Waals surface area contributed by atoms with Crippen molar-refractivity contribution in [2.45, 2.75) is 25.8 Å². The normalized spacial score (nSPS) is 18.6. The Kier molecular flexibility index (Phi) is 4.06. The average molecular weight is 408 g/mol. The number of benzene rings is 1. The molecule has 2 aliphatic heterocycles. The van der Waals surface area contributed by atoms with Crippen LogP contribution in [0.3, 0.4) is 0 Å². The number of aryl methyl sites for hydroxylation is 1. The average Bonchev–Trinajstić information content (AvgIpc) is 3.41. The highest BCUT2D eigenvalue weighted by Crippen LogP contribution is 2.34. The minimum absolute atomic E-state index is 0.236. The van der Waals surface area contributed by atoms with Crippen LogP contribution in [0.4, 0.5) is 5.82 Å². The van der Waals surface area contributed by atoms with Crippen molar-refractivity contribution in [3.8, 4) is 0 Å². The maximum Gasteiger partial charge on any atom is 0.355 e. The lowest BCUT2D eigenvalue weighted by Crippen LogP contribution is -2.43. The molecule has 1 fully saturated rings. The van der Waals surface area contributed by atoms with Gasteiger partial charge in [0.05, 0.1) is 16.5 Å². The van der Waals surface area contributed by atoms with Crippen LogP contribution in [0.2, 0.25) is 0 Å². The van der Waals surface area contributed by atoms with Crippen molar-refractivity contribution in [3.63, 3.8) is 0 Å². The van der Waals surface area contributed by atoms with Gasteiger partial charge in [0, 0.05) is 11.4 Å². The number of hydrogen-bond acceptors (Lipinski definition) is 8. The second kappa shape index (κ2) is 6.63. The topological polar surface area (TPSA) is 92.7 Å². The van der Waals surface area contributed by atoms with Crippen LogP contribution in [0.1, 0.15) is 38.4 Å². The van der Waals surface area contributed by atoms with Gasteiger partial charge in [-0.2, -0.15) is 0 Å². The molecule has 146 valence electrons. The van der Waals surface area contributed by atoms with Gasteiger partial charge in [-0.05, 0) is 38.0 Å². The van der Waals surface area contributed by atoms with Gasteiger partial charge in [-0.1, -0.05) is 17.2 Å². The number of aromatic nitrogens is 2. The fourth-order valence-electron chi connectivity index (χ4n) is 3.86. The molecule has 1 saturated heterocycles. The molecule has 1 atom stereocenters. The van der Waals surface area contributed by atoms with Gasteiger partial charge in [0.2, 0.25) is 0 Å². The van der Waals surface area contributed by atoms with Crippen molar-refractivity contribution >= 4 is 45.2 Å². The Morgan fingerprint density at radius 2 is 1.90 bits per heavy atom. The number of hydrogen-bond donors (Lipinski definition) is 0. The first-order chi connectivity index (χ1) is 14.0. The molecule has 0 saturated carbocycles. The first kappa shape index (κ1) is 17.7. The molecule has 8 nitrogen and oxygen atoms in total. The Labute approximate surface area is 169 Å². The van der Waals surface area contributed by atoms with E-state index >= 15 is 0 Å². The van der Waals surface area contributed by atoms with E-state index in [0.717, 1.165) is 21.5 Å². The molecule has 2 aliphatic rings. The highest BCUT2D eigenvalue weighted by molar-refractivity contribution is 7.18. The van der Waals surface area contributed by atoms with E-state index in [9.17, 15) is 14.4 Å². The fourth-order valence-corrected chi connectivity index (χ4v) is 4.70. The molecule has 3 aromatic rings. The standard InChI is InChI=1S/C20H16N4O4S/c1-11-9-14-16(21-10-22-17(14)29-11)23-8-4-7-15(23)20(27)28-24-18(25)12-5-2-3-6-13(12)19(24)26/h2-3,5-6,9-10,15H,4,7-8H2,1H3. The van der Waals surface area contributed by atoms with Crippen molar-refractivity contribution in [2.24, 2.45) is 0 Å². The molecule has 2 aromatic heterocycles. The van der Waals surface area contributed by atoms with E-state index in [1.54, 1.807) is 35.6 Å². The summed E-state index contributed by atoms with van der Waals surface area (Å²) in [7, 11) is 0. The highest BCUT2D eigenvalue weighted by atomic mass is 32.1. The number of carbonyl (C=O) groups excluding carboxylic acids is 3. The number of nitrogens with zero attached hydrogens (tertiary/aromatic N) is 4. The Balaban J connectivity index is 1.41. The summed E-state index contributed by atoms with van der Waals surface area (Å²) in [6, 6.07) is 7.79. The van der Waals surface area contributed by atoms with Crippen LogP contribution in [0.25, 0.3) is 10.2 Å². The van der Waals surface area contributed by atoms with Crippen LogP contribution in [0, 0.1) is 6.92 Å². The van der Waals surface area contributed by atoms with E-state index in [4.69, 9.17) is 4.84 Å². The second-order valence-corrected chi connectivity index (χ2v) is 8.22. The van der Waals surface area contributed by atoms with Gasteiger partial charge in [-0.25, -0.2) is 14.8 Å². The zero-order chi connectivity index (χ0) is 20.1. The van der Waals surface area contributed by atoms with Crippen LogP contribution in [-0.2, 0) is 9.63 Å². The molecule has 0 N–H and O–H groups in total. The van der Waals surface area contributed by atoms with E-state index in [0.29, 0.717) is 23.8 Å². The predicted molar refractivity (Wildman–Crippen MR) is 106 cm³/mol. The first-order valence-corrected chi connectivity index (χ1v) is 10.0. The monoisotopic (exact) mass is 408 g/mol. The Morgan fingerprint density at radius 3 is 2.62 bits per heavy atom. The minimum Gasteiger partial charge on any atom is -0.342 e. The summed E-state index contributed by atoms with van der Waals surface area (Å²) in [5.41, 5.74) is 0.472. The smallest absolute Gasteiger partial charge is 0.342 e. The fraction of sp³-hybridized carbons (Fsp3) is 0.250. The van der Waals surface area contributed by atoms with Crippen molar-refractivity contribution < 1.29 is 19.2 Å². The van der Waals surface area contributed by atoms with Crippen molar-refractivity contribution in [1.29, 1.82) is 0 Å². The van der Waals surface area contributed by atoms with Gasteiger partial charge in [0.1, 0.15) is 23.0 Å². The third-order valence-electron chi connectivity index (χ3n) is 5.17. The maximum absolute atomic E-state index is 12.9. The van der Waals surface area contributed by atoms with E-state index in [1.165, 1.54) is 6.33 Å². The molecule has 0 aliphatic carbocycles. The van der Waals surface area contributed by atoms with Crippen LogP contribution in [-0.4, -0.2) is 45.4 Å². The number of fused-ring (bicyclic) bond motifs is 2. The van der Waals surface area contributed by atoms with Crippen molar-refractivity contribution in [2.75, 3.05) is 11.4 Å². The third kappa shape index (κ3) is 2.77. The molecule has 0 bridgehead atoms. The van der Waals surface area contributed by atoms with E-state index in [1.807, 2.05) is 17.9 Å². The van der Waals surface area contributed by atoms with Crippen LogP contribution >= 0.6 is 11.3 Å². The SMILES string of the molecule is Cc1cc2c(N3CCCC3C(=O)ON3C(=O)c4ccccc4C3=O)ncnc2s1. The van der Waals surface area contributed by atoms with Crippen LogP contribution in [0.5, 0.6) is 0 Å². The molecule has 9 heteroatoms. The van der Waals surface area contributed by atoms with E-state index in [2.05, 4.69) is 9.97 Å². The Hall–Kier alpha value is -3.33. The zero-order valence-electron chi connectivity index (χ0n) is 15.5. The first-order valence-electron chi connectivity index (χ1n) is 9.22. The molecule has 1 aromatic carbocycles. The summed E-state index contributed by atoms with van der Waals surface area (Å²) in [6.07, 6.45) is 2.81. The van der Waals surface area contributed by atoms with E-state index < -0.39 is 23.8 Å². The molecule has 4 heterocycles. The van der Waals surface area contributed by atoms with Crippen LogP contribution < -0.4 is 4.90 Å². The van der Waals surface area contributed by atoms with Gasteiger partial charge in [-0.3, -0.25) is 9.59 Å². The quantitative estimate of drug-likeness (QED) is 0.615. The lowest BCUT2D eigenvalue weighted by Gasteiger charge is -2.25. The molecule has 2 amide bonds. The van der Waals surface area contributed by atoms with Gasteiger partial charge in [0.25, 0.3) is 11.8 Å². The molecular weight excluding hydrogens is 392 g/mol. The molecule has 5 rings (SSSR count). The number of rotatable bonds is 3. The molecule has 29 heavy (non-hydrogen) atoms. The molecule has 1 unspecified atom stereocenters. The molecule has 0 radical (unpaired) electrons. The molecular formula is C20H16N4O4S. The maximum atomic E-state index is 12.9.